The lowest BCUT2D eigenvalue weighted by molar-refractivity contribution is -0.142. The van der Waals surface area contributed by atoms with Crippen molar-refractivity contribution in [1.29, 1.82) is 0 Å². The molecule has 0 amide bonds. The second kappa shape index (κ2) is 5.70. The molecule has 0 spiro atoms. The van der Waals surface area contributed by atoms with Crippen LogP contribution in [0.2, 0.25) is 0 Å². The topological polar surface area (TPSA) is 39.2 Å². The summed E-state index contributed by atoms with van der Waals surface area (Å²) in [5.74, 6) is -0.203. The highest BCUT2D eigenvalue weighted by Gasteiger charge is 2.14. The Kier molecular flexibility index (Phi) is 4.20. The van der Waals surface area contributed by atoms with Gasteiger partial charge in [-0.1, -0.05) is 0 Å². The summed E-state index contributed by atoms with van der Waals surface area (Å²) in [4.78, 5) is 16.2. The van der Waals surface area contributed by atoms with Crippen LogP contribution in [0.4, 0.5) is 0 Å². The SMILES string of the molecule is CCOC(=O)Cc1c(C)cc2nc(C)ccc2c1Br. The van der Waals surface area contributed by atoms with Crippen LogP contribution in [0.3, 0.4) is 0 Å². The lowest BCUT2D eigenvalue weighted by atomic mass is 10.0. The third-order valence-electron chi connectivity index (χ3n) is 3.02. The summed E-state index contributed by atoms with van der Waals surface area (Å²) >= 11 is 3.59. The van der Waals surface area contributed by atoms with E-state index < -0.39 is 0 Å². The molecule has 0 unspecified atom stereocenters. The number of pyridine rings is 1. The van der Waals surface area contributed by atoms with Crippen LogP contribution in [0.1, 0.15) is 23.7 Å². The molecule has 1 aromatic carbocycles. The Bertz CT molecular complexity index is 638. The standard InChI is InChI=1S/C15H16BrNO2/c1-4-19-14(18)8-12-9(2)7-13-11(15(12)16)6-5-10(3)17-13/h5-7H,4,8H2,1-3H3. The van der Waals surface area contributed by atoms with Gasteiger partial charge in [-0.25, -0.2) is 0 Å². The predicted octanol–water partition coefficient (Wildman–Crippen LogP) is 3.72. The fourth-order valence-corrected chi connectivity index (χ4v) is 2.86. The molecule has 0 aliphatic heterocycles. The van der Waals surface area contributed by atoms with Gasteiger partial charge in [0.15, 0.2) is 0 Å². The van der Waals surface area contributed by atoms with E-state index in [2.05, 4.69) is 20.9 Å². The van der Waals surface area contributed by atoms with E-state index >= 15 is 0 Å². The first-order chi connectivity index (χ1) is 9.02. The zero-order chi connectivity index (χ0) is 14.0. The number of halogens is 1. The maximum absolute atomic E-state index is 11.6. The molecule has 1 aromatic heterocycles. The van der Waals surface area contributed by atoms with Crippen molar-refractivity contribution in [2.24, 2.45) is 0 Å². The second-order valence-electron chi connectivity index (χ2n) is 4.49. The molecule has 1 heterocycles. The number of fused-ring (bicyclic) bond motifs is 1. The summed E-state index contributed by atoms with van der Waals surface area (Å²) in [6.07, 6.45) is 0.282. The molecule has 0 saturated carbocycles. The molecule has 2 rings (SSSR count). The Morgan fingerprint density at radius 3 is 2.79 bits per heavy atom. The molecule has 3 nitrogen and oxygen atoms in total. The molecule has 2 aromatic rings. The van der Waals surface area contributed by atoms with E-state index in [1.165, 1.54) is 0 Å². The van der Waals surface area contributed by atoms with Gasteiger partial charge in [0, 0.05) is 15.6 Å². The molecule has 0 fully saturated rings. The minimum Gasteiger partial charge on any atom is -0.466 e. The maximum Gasteiger partial charge on any atom is 0.310 e. The summed E-state index contributed by atoms with van der Waals surface area (Å²) in [5.41, 5.74) is 3.94. The Hall–Kier alpha value is -1.42. The Morgan fingerprint density at radius 1 is 1.37 bits per heavy atom. The van der Waals surface area contributed by atoms with Crippen molar-refractivity contribution in [1.82, 2.24) is 4.98 Å². The molecule has 100 valence electrons. The highest BCUT2D eigenvalue weighted by Crippen LogP contribution is 2.30. The fourth-order valence-electron chi connectivity index (χ4n) is 2.07. The van der Waals surface area contributed by atoms with Crippen molar-refractivity contribution in [3.8, 4) is 0 Å². The molecule has 0 bridgehead atoms. The maximum atomic E-state index is 11.6. The minimum absolute atomic E-state index is 0.203. The van der Waals surface area contributed by atoms with Crippen molar-refractivity contribution < 1.29 is 9.53 Å². The molecule has 19 heavy (non-hydrogen) atoms. The first-order valence-corrected chi connectivity index (χ1v) is 7.03. The van der Waals surface area contributed by atoms with Crippen LogP contribution >= 0.6 is 15.9 Å². The van der Waals surface area contributed by atoms with Crippen LogP contribution < -0.4 is 0 Å². The summed E-state index contributed by atoms with van der Waals surface area (Å²) < 4.78 is 5.94. The number of hydrogen-bond acceptors (Lipinski definition) is 3. The van der Waals surface area contributed by atoms with Crippen LogP contribution in [0.15, 0.2) is 22.7 Å². The number of rotatable bonds is 3. The molecule has 0 saturated heterocycles. The van der Waals surface area contributed by atoms with Crippen molar-refractivity contribution in [2.45, 2.75) is 27.2 Å². The van der Waals surface area contributed by atoms with Crippen molar-refractivity contribution in [3.63, 3.8) is 0 Å². The lowest BCUT2D eigenvalue weighted by Gasteiger charge is -2.11. The van der Waals surface area contributed by atoms with Gasteiger partial charge in [0.1, 0.15) is 0 Å². The Morgan fingerprint density at radius 2 is 2.11 bits per heavy atom. The molecule has 0 aliphatic carbocycles. The average molecular weight is 322 g/mol. The van der Waals surface area contributed by atoms with Crippen LogP contribution in [0.5, 0.6) is 0 Å². The number of carbonyl (C=O) groups is 1. The molecular weight excluding hydrogens is 306 g/mol. The van der Waals surface area contributed by atoms with Crippen LogP contribution in [0, 0.1) is 13.8 Å². The number of aromatic nitrogens is 1. The molecular formula is C15H16BrNO2. The molecule has 4 heteroatoms. The third kappa shape index (κ3) is 2.95. The van der Waals surface area contributed by atoms with E-state index in [9.17, 15) is 4.79 Å². The van der Waals surface area contributed by atoms with Gasteiger partial charge in [0.2, 0.25) is 0 Å². The predicted molar refractivity (Wildman–Crippen MR) is 79.3 cm³/mol. The first kappa shape index (κ1) is 14.0. The highest BCUT2D eigenvalue weighted by molar-refractivity contribution is 9.10. The summed E-state index contributed by atoms with van der Waals surface area (Å²) in [6, 6.07) is 6.01. The van der Waals surface area contributed by atoms with Crippen molar-refractivity contribution >= 4 is 32.8 Å². The van der Waals surface area contributed by atoms with Gasteiger partial charge >= 0.3 is 5.97 Å². The monoisotopic (exact) mass is 321 g/mol. The first-order valence-electron chi connectivity index (χ1n) is 6.24. The zero-order valence-electron chi connectivity index (χ0n) is 11.3. The van der Waals surface area contributed by atoms with Gasteiger partial charge in [-0.05, 0) is 66.0 Å². The van der Waals surface area contributed by atoms with Gasteiger partial charge < -0.3 is 4.74 Å². The van der Waals surface area contributed by atoms with E-state index in [0.29, 0.717) is 6.61 Å². The van der Waals surface area contributed by atoms with Crippen molar-refractivity contribution in [3.05, 3.63) is 39.5 Å². The van der Waals surface area contributed by atoms with Gasteiger partial charge in [0.25, 0.3) is 0 Å². The Labute approximate surface area is 121 Å². The van der Waals surface area contributed by atoms with E-state index in [-0.39, 0.29) is 12.4 Å². The van der Waals surface area contributed by atoms with E-state index in [4.69, 9.17) is 4.74 Å². The third-order valence-corrected chi connectivity index (χ3v) is 3.93. The van der Waals surface area contributed by atoms with E-state index in [1.807, 2.05) is 39.0 Å². The molecule has 0 N–H and O–H groups in total. The summed E-state index contributed by atoms with van der Waals surface area (Å²) in [7, 11) is 0. The minimum atomic E-state index is -0.203. The van der Waals surface area contributed by atoms with Gasteiger partial charge in [0.05, 0.1) is 18.5 Å². The highest BCUT2D eigenvalue weighted by atomic mass is 79.9. The van der Waals surface area contributed by atoms with Gasteiger partial charge in [-0.15, -0.1) is 0 Å². The fraction of sp³-hybridized carbons (Fsp3) is 0.333. The largest absolute Gasteiger partial charge is 0.466 e. The van der Waals surface area contributed by atoms with Gasteiger partial charge in [-0.3, -0.25) is 9.78 Å². The number of hydrogen-bond donors (Lipinski definition) is 0. The Balaban J connectivity index is 2.50. The number of ether oxygens (including phenoxy) is 1. The number of esters is 1. The van der Waals surface area contributed by atoms with E-state index in [1.54, 1.807) is 0 Å². The van der Waals surface area contributed by atoms with Crippen molar-refractivity contribution in [2.75, 3.05) is 6.61 Å². The smallest absolute Gasteiger partial charge is 0.310 e. The molecule has 0 atom stereocenters. The molecule has 0 radical (unpaired) electrons. The normalized spacial score (nSPS) is 10.7. The molecule has 0 aliphatic rings. The van der Waals surface area contributed by atoms with Gasteiger partial charge in [-0.2, -0.15) is 0 Å². The van der Waals surface area contributed by atoms with Crippen LogP contribution in [0.25, 0.3) is 10.9 Å². The number of benzene rings is 1. The number of aryl methyl sites for hydroxylation is 2. The van der Waals surface area contributed by atoms with E-state index in [0.717, 1.165) is 32.2 Å². The summed E-state index contributed by atoms with van der Waals surface area (Å²) in [5, 5.41) is 1.02. The average Bonchev–Trinajstić information content (AvgIpc) is 2.34. The van der Waals surface area contributed by atoms with Crippen LogP contribution in [-0.4, -0.2) is 17.6 Å². The second-order valence-corrected chi connectivity index (χ2v) is 5.28. The quantitative estimate of drug-likeness (QED) is 0.809. The lowest BCUT2D eigenvalue weighted by Crippen LogP contribution is -2.09. The number of nitrogens with zero attached hydrogens (tertiary/aromatic N) is 1. The number of carbonyl (C=O) groups excluding carboxylic acids is 1. The van der Waals surface area contributed by atoms with Crippen LogP contribution in [-0.2, 0) is 16.0 Å². The summed E-state index contributed by atoms with van der Waals surface area (Å²) in [6.45, 7) is 6.18. The zero-order valence-corrected chi connectivity index (χ0v) is 12.9.